The predicted molar refractivity (Wildman–Crippen MR) is 72.1 cm³/mol. The van der Waals surface area contributed by atoms with Crippen molar-refractivity contribution in [3.63, 3.8) is 0 Å². The molecule has 0 radical (unpaired) electrons. The van der Waals surface area contributed by atoms with Gasteiger partial charge in [0, 0.05) is 0 Å². The Morgan fingerprint density at radius 2 is 2.00 bits per heavy atom. The van der Waals surface area contributed by atoms with E-state index in [0.29, 0.717) is 20.1 Å². The molecule has 0 spiro atoms. The SMILES string of the molecule is CC(C)OCn1cc[n+](COCc2ccccc2)c1. The van der Waals surface area contributed by atoms with Gasteiger partial charge < -0.3 is 9.47 Å². The van der Waals surface area contributed by atoms with E-state index in [4.69, 9.17) is 9.47 Å². The van der Waals surface area contributed by atoms with E-state index in [9.17, 15) is 0 Å². The van der Waals surface area contributed by atoms with Gasteiger partial charge in [-0.05, 0) is 19.4 Å². The Balaban J connectivity index is 1.74. The first-order chi connectivity index (χ1) is 9.24. The largest absolute Gasteiger partial charge is 0.339 e. The molecule has 0 fully saturated rings. The van der Waals surface area contributed by atoms with Crippen molar-refractivity contribution in [1.29, 1.82) is 0 Å². The van der Waals surface area contributed by atoms with Crippen LogP contribution in [0.1, 0.15) is 19.4 Å². The molecule has 0 unspecified atom stereocenters. The first-order valence-electron chi connectivity index (χ1n) is 6.52. The maximum atomic E-state index is 5.65. The van der Waals surface area contributed by atoms with Crippen LogP contribution in [-0.4, -0.2) is 10.7 Å². The fraction of sp³-hybridized carbons (Fsp3) is 0.400. The van der Waals surface area contributed by atoms with Crippen molar-refractivity contribution in [1.82, 2.24) is 4.57 Å². The van der Waals surface area contributed by atoms with Gasteiger partial charge in [0.05, 0.1) is 12.7 Å². The summed E-state index contributed by atoms with van der Waals surface area (Å²) in [7, 11) is 0. The zero-order chi connectivity index (χ0) is 13.5. The van der Waals surface area contributed by atoms with E-state index in [-0.39, 0.29) is 6.10 Å². The van der Waals surface area contributed by atoms with E-state index in [0.717, 1.165) is 0 Å². The summed E-state index contributed by atoms with van der Waals surface area (Å²) in [4.78, 5) is 0. The molecule has 0 aliphatic carbocycles. The lowest BCUT2D eigenvalue weighted by Crippen LogP contribution is -2.32. The number of hydrogen-bond donors (Lipinski definition) is 0. The predicted octanol–water partition coefficient (Wildman–Crippen LogP) is 2.33. The highest BCUT2D eigenvalue weighted by atomic mass is 16.5. The summed E-state index contributed by atoms with van der Waals surface area (Å²) in [6.45, 7) is 5.80. The summed E-state index contributed by atoms with van der Waals surface area (Å²) in [5.41, 5.74) is 1.19. The highest BCUT2D eigenvalue weighted by Gasteiger charge is 2.04. The lowest BCUT2D eigenvalue weighted by Gasteiger charge is -2.03. The highest BCUT2D eigenvalue weighted by molar-refractivity contribution is 5.13. The van der Waals surface area contributed by atoms with Gasteiger partial charge in [0.1, 0.15) is 12.4 Å². The van der Waals surface area contributed by atoms with Crippen molar-refractivity contribution in [2.75, 3.05) is 0 Å². The average Bonchev–Trinajstić information content (AvgIpc) is 2.86. The van der Waals surface area contributed by atoms with Gasteiger partial charge in [-0.3, -0.25) is 0 Å². The molecule has 0 amide bonds. The third kappa shape index (κ3) is 4.85. The molecule has 1 aromatic carbocycles. The molecule has 4 nitrogen and oxygen atoms in total. The molecular weight excluding hydrogens is 240 g/mol. The summed E-state index contributed by atoms with van der Waals surface area (Å²) in [5.74, 6) is 0. The van der Waals surface area contributed by atoms with Crippen LogP contribution < -0.4 is 4.57 Å². The molecule has 2 aromatic rings. The lowest BCUT2D eigenvalue weighted by atomic mass is 10.2. The molecule has 4 heteroatoms. The molecule has 0 aliphatic heterocycles. The van der Waals surface area contributed by atoms with Crippen LogP contribution in [0.5, 0.6) is 0 Å². The third-order valence-electron chi connectivity index (χ3n) is 2.66. The van der Waals surface area contributed by atoms with Crippen molar-refractivity contribution >= 4 is 0 Å². The Hall–Kier alpha value is -1.65. The Bertz CT molecular complexity index is 480. The van der Waals surface area contributed by atoms with Crippen molar-refractivity contribution in [2.24, 2.45) is 0 Å². The average molecular weight is 261 g/mol. The minimum absolute atomic E-state index is 0.241. The van der Waals surface area contributed by atoms with E-state index < -0.39 is 0 Å². The number of benzene rings is 1. The summed E-state index contributed by atoms with van der Waals surface area (Å²) in [6, 6.07) is 10.2. The molecule has 0 saturated heterocycles. The maximum absolute atomic E-state index is 5.65. The molecule has 102 valence electrons. The molecular formula is C15H21N2O2+. The summed E-state index contributed by atoms with van der Waals surface area (Å²) >= 11 is 0. The van der Waals surface area contributed by atoms with Crippen LogP contribution in [0.3, 0.4) is 0 Å². The first kappa shape index (κ1) is 13.8. The number of rotatable bonds is 7. The van der Waals surface area contributed by atoms with Crippen molar-refractivity contribution in [2.45, 2.75) is 40.0 Å². The lowest BCUT2D eigenvalue weighted by molar-refractivity contribution is -0.733. The van der Waals surface area contributed by atoms with Crippen molar-refractivity contribution in [3.05, 3.63) is 54.6 Å². The second kappa shape index (κ2) is 7.07. The molecule has 0 N–H and O–H groups in total. The second-order valence-electron chi connectivity index (χ2n) is 4.75. The van der Waals surface area contributed by atoms with Gasteiger partial charge in [-0.2, -0.15) is 0 Å². The normalized spacial score (nSPS) is 11.1. The van der Waals surface area contributed by atoms with Crippen LogP contribution in [0.2, 0.25) is 0 Å². The Labute approximate surface area is 114 Å². The van der Waals surface area contributed by atoms with Crippen LogP contribution >= 0.6 is 0 Å². The molecule has 2 rings (SSSR count). The van der Waals surface area contributed by atoms with E-state index >= 15 is 0 Å². The molecule has 0 aliphatic rings. The van der Waals surface area contributed by atoms with E-state index in [1.54, 1.807) is 0 Å². The van der Waals surface area contributed by atoms with Crippen LogP contribution in [0.4, 0.5) is 0 Å². The number of aromatic nitrogens is 2. The van der Waals surface area contributed by atoms with Crippen LogP contribution in [-0.2, 0) is 29.5 Å². The Morgan fingerprint density at radius 3 is 2.74 bits per heavy atom. The summed E-state index contributed by atoms with van der Waals surface area (Å²) < 4.78 is 15.2. The van der Waals surface area contributed by atoms with Crippen LogP contribution in [0.25, 0.3) is 0 Å². The fourth-order valence-electron chi connectivity index (χ4n) is 1.67. The van der Waals surface area contributed by atoms with E-state index in [1.165, 1.54) is 5.56 Å². The van der Waals surface area contributed by atoms with Gasteiger partial charge in [0.2, 0.25) is 6.33 Å². The third-order valence-corrected chi connectivity index (χ3v) is 2.66. The number of hydrogen-bond acceptors (Lipinski definition) is 2. The summed E-state index contributed by atoms with van der Waals surface area (Å²) in [6.07, 6.45) is 6.18. The van der Waals surface area contributed by atoms with Gasteiger partial charge in [-0.15, -0.1) is 0 Å². The van der Waals surface area contributed by atoms with Gasteiger partial charge in [-0.1, -0.05) is 30.3 Å². The minimum atomic E-state index is 0.241. The zero-order valence-corrected chi connectivity index (χ0v) is 11.5. The minimum Gasteiger partial charge on any atom is -0.339 e. The standard InChI is InChI=1S/C15H21N2O2/c1-14(2)19-13-17-9-8-16(11-17)12-18-10-15-6-4-3-5-7-15/h3-9,11,14H,10,12-13H2,1-2H3/q+1. The molecule has 0 saturated carbocycles. The fourth-order valence-corrected chi connectivity index (χ4v) is 1.67. The quantitative estimate of drug-likeness (QED) is 0.715. The molecule has 19 heavy (non-hydrogen) atoms. The van der Waals surface area contributed by atoms with Gasteiger partial charge in [0.15, 0.2) is 13.5 Å². The number of imidazole rings is 1. The monoisotopic (exact) mass is 261 g/mol. The zero-order valence-electron chi connectivity index (χ0n) is 11.5. The molecule has 0 atom stereocenters. The van der Waals surface area contributed by atoms with Gasteiger partial charge in [0.25, 0.3) is 0 Å². The molecule has 0 bridgehead atoms. The summed E-state index contributed by atoms with van der Waals surface area (Å²) in [5, 5.41) is 0. The highest BCUT2D eigenvalue weighted by Crippen LogP contribution is 2.00. The maximum Gasteiger partial charge on any atom is 0.247 e. The molecule has 1 aromatic heterocycles. The number of nitrogens with zero attached hydrogens (tertiary/aromatic N) is 2. The van der Waals surface area contributed by atoms with Crippen LogP contribution in [0.15, 0.2) is 49.1 Å². The van der Waals surface area contributed by atoms with Crippen LogP contribution in [0, 0.1) is 0 Å². The smallest absolute Gasteiger partial charge is 0.247 e. The second-order valence-corrected chi connectivity index (χ2v) is 4.75. The Morgan fingerprint density at radius 1 is 1.21 bits per heavy atom. The topological polar surface area (TPSA) is 27.3 Å². The van der Waals surface area contributed by atoms with E-state index in [1.807, 2.05) is 59.9 Å². The van der Waals surface area contributed by atoms with Gasteiger partial charge in [-0.25, -0.2) is 9.13 Å². The first-order valence-corrected chi connectivity index (χ1v) is 6.52. The number of ether oxygens (including phenoxy) is 2. The van der Waals surface area contributed by atoms with Crippen molar-refractivity contribution < 1.29 is 14.0 Å². The molecule has 1 heterocycles. The van der Waals surface area contributed by atoms with Gasteiger partial charge >= 0.3 is 0 Å². The Kier molecular flexibility index (Phi) is 5.12. The van der Waals surface area contributed by atoms with Crippen molar-refractivity contribution in [3.8, 4) is 0 Å². The van der Waals surface area contributed by atoms with E-state index in [2.05, 4.69) is 12.1 Å².